The van der Waals surface area contributed by atoms with Gasteiger partial charge in [-0.05, 0) is 56.6 Å². The van der Waals surface area contributed by atoms with Crippen LogP contribution in [0.5, 0.6) is 0 Å². The normalized spacial score (nSPS) is 21.8. The number of pyridine rings is 1. The number of piperidine rings is 1. The molecule has 0 radical (unpaired) electrons. The first kappa shape index (κ1) is 15.1. The third-order valence-corrected chi connectivity index (χ3v) is 5.89. The predicted octanol–water partition coefficient (Wildman–Crippen LogP) is 4.99. The van der Waals surface area contributed by atoms with Crippen LogP contribution in [-0.2, 0) is 5.88 Å². The van der Waals surface area contributed by atoms with Crippen LogP contribution in [-0.4, -0.2) is 18.1 Å². The Bertz CT molecular complexity index is 496. The largest absolute Gasteiger partial charge is 0.356 e. The summed E-state index contributed by atoms with van der Waals surface area (Å²) in [6.45, 7) is 6.54. The lowest BCUT2D eigenvalue weighted by molar-refractivity contribution is 0.144. The van der Waals surface area contributed by atoms with E-state index in [0.29, 0.717) is 11.3 Å². The molecule has 2 heterocycles. The minimum Gasteiger partial charge on any atom is -0.356 e. The van der Waals surface area contributed by atoms with Crippen LogP contribution in [0.3, 0.4) is 0 Å². The molecule has 1 aliphatic heterocycles. The average molecular weight is 307 g/mol. The summed E-state index contributed by atoms with van der Waals surface area (Å²) in [6, 6.07) is 2.15. The number of hydrogen-bond donors (Lipinski definition) is 0. The van der Waals surface area contributed by atoms with Crippen LogP contribution >= 0.6 is 11.6 Å². The maximum Gasteiger partial charge on any atom is 0.133 e. The fourth-order valence-electron chi connectivity index (χ4n) is 4.26. The average Bonchev–Trinajstić information content (AvgIpc) is 2.48. The van der Waals surface area contributed by atoms with Crippen LogP contribution in [0.15, 0.2) is 6.07 Å². The number of rotatable bonds is 2. The van der Waals surface area contributed by atoms with Crippen LogP contribution in [0, 0.1) is 19.3 Å². The highest BCUT2D eigenvalue weighted by Gasteiger charge is 2.36. The molecular formula is C18H27ClN2. The molecule has 1 saturated carbocycles. The summed E-state index contributed by atoms with van der Waals surface area (Å²) < 4.78 is 0. The number of halogens is 1. The SMILES string of the molecule is Cc1cc(C)c(CCl)c(N2CCC3(CCCCC3)CC2)n1. The molecule has 1 saturated heterocycles. The summed E-state index contributed by atoms with van der Waals surface area (Å²) in [5, 5.41) is 0. The molecule has 0 amide bonds. The van der Waals surface area contributed by atoms with Gasteiger partial charge < -0.3 is 4.90 Å². The molecule has 1 spiro atoms. The molecule has 3 rings (SSSR count). The van der Waals surface area contributed by atoms with Gasteiger partial charge in [-0.15, -0.1) is 11.6 Å². The Morgan fingerprint density at radius 2 is 1.76 bits per heavy atom. The van der Waals surface area contributed by atoms with Crippen LogP contribution in [0.25, 0.3) is 0 Å². The minimum absolute atomic E-state index is 0.566. The highest BCUT2D eigenvalue weighted by atomic mass is 35.5. The quantitative estimate of drug-likeness (QED) is 0.716. The van der Waals surface area contributed by atoms with E-state index >= 15 is 0 Å². The first-order valence-electron chi connectivity index (χ1n) is 8.42. The van der Waals surface area contributed by atoms with Crippen LogP contribution < -0.4 is 4.90 Å². The molecule has 1 aliphatic carbocycles. The second kappa shape index (κ2) is 6.16. The second-order valence-electron chi connectivity index (χ2n) is 7.06. The van der Waals surface area contributed by atoms with E-state index in [1.54, 1.807) is 0 Å². The van der Waals surface area contributed by atoms with Crippen molar-refractivity contribution in [3.63, 3.8) is 0 Å². The topological polar surface area (TPSA) is 16.1 Å². The Hall–Kier alpha value is -0.760. The molecule has 0 unspecified atom stereocenters. The zero-order valence-electron chi connectivity index (χ0n) is 13.4. The summed E-state index contributed by atoms with van der Waals surface area (Å²) in [5.41, 5.74) is 4.26. The zero-order chi connectivity index (χ0) is 14.9. The first-order valence-corrected chi connectivity index (χ1v) is 8.95. The smallest absolute Gasteiger partial charge is 0.133 e. The first-order chi connectivity index (χ1) is 10.1. The third kappa shape index (κ3) is 3.06. The lowest BCUT2D eigenvalue weighted by atomic mass is 9.68. The molecule has 0 N–H and O–H groups in total. The van der Waals surface area contributed by atoms with Crippen molar-refractivity contribution in [2.24, 2.45) is 5.41 Å². The van der Waals surface area contributed by atoms with E-state index < -0.39 is 0 Å². The van der Waals surface area contributed by atoms with Crippen molar-refractivity contribution in [1.82, 2.24) is 4.98 Å². The van der Waals surface area contributed by atoms with E-state index in [2.05, 4.69) is 24.8 Å². The van der Waals surface area contributed by atoms with E-state index in [0.717, 1.165) is 24.6 Å². The van der Waals surface area contributed by atoms with Gasteiger partial charge >= 0.3 is 0 Å². The van der Waals surface area contributed by atoms with E-state index in [9.17, 15) is 0 Å². The molecular weight excluding hydrogens is 280 g/mol. The van der Waals surface area contributed by atoms with Crippen molar-refractivity contribution in [2.75, 3.05) is 18.0 Å². The summed E-state index contributed by atoms with van der Waals surface area (Å²) in [7, 11) is 0. The van der Waals surface area contributed by atoms with Crippen LogP contribution in [0.4, 0.5) is 5.82 Å². The number of alkyl halides is 1. The monoisotopic (exact) mass is 306 g/mol. The van der Waals surface area contributed by atoms with Crippen molar-refractivity contribution in [2.45, 2.75) is 64.7 Å². The fourth-order valence-corrected chi connectivity index (χ4v) is 4.60. The molecule has 2 nitrogen and oxygen atoms in total. The Labute approximate surface area is 133 Å². The number of aryl methyl sites for hydroxylation is 2. The van der Waals surface area contributed by atoms with Crippen molar-refractivity contribution < 1.29 is 0 Å². The van der Waals surface area contributed by atoms with Crippen molar-refractivity contribution in [3.8, 4) is 0 Å². The summed E-state index contributed by atoms with van der Waals surface area (Å²) in [4.78, 5) is 7.29. The van der Waals surface area contributed by atoms with Gasteiger partial charge in [0, 0.05) is 24.3 Å². The van der Waals surface area contributed by atoms with E-state index in [1.165, 1.54) is 56.1 Å². The van der Waals surface area contributed by atoms with Gasteiger partial charge in [-0.2, -0.15) is 0 Å². The van der Waals surface area contributed by atoms with Crippen LogP contribution in [0.2, 0.25) is 0 Å². The summed E-state index contributed by atoms with van der Waals surface area (Å²) in [5.74, 6) is 1.71. The molecule has 1 aromatic heterocycles. The van der Waals surface area contributed by atoms with Gasteiger partial charge in [-0.25, -0.2) is 4.98 Å². The third-order valence-electron chi connectivity index (χ3n) is 5.63. The van der Waals surface area contributed by atoms with Gasteiger partial charge in [0.25, 0.3) is 0 Å². The maximum absolute atomic E-state index is 6.18. The molecule has 1 aromatic rings. The second-order valence-corrected chi connectivity index (χ2v) is 7.33. The van der Waals surface area contributed by atoms with Gasteiger partial charge in [-0.1, -0.05) is 19.3 Å². The van der Waals surface area contributed by atoms with Crippen molar-refractivity contribution in [1.29, 1.82) is 0 Å². The number of anilines is 1. The van der Waals surface area contributed by atoms with Crippen molar-refractivity contribution in [3.05, 3.63) is 22.9 Å². The Morgan fingerprint density at radius 3 is 2.38 bits per heavy atom. The maximum atomic E-state index is 6.18. The van der Waals surface area contributed by atoms with Crippen molar-refractivity contribution >= 4 is 17.4 Å². The molecule has 2 aliphatic rings. The molecule has 3 heteroatoms. The number of hydrogen-bond acceptors (Lipinski definition) is 2. The molecule has 116 valence electrons. The lowest BCUT2D eigenvalue weighted by Gasteiger charge is -2.45. The molecule has 2 fully saturated rings. The van der Waals surface area contributed by atoms with Crippen LogP contribution in [0.1, 0.15) is 61.8 Å². The van der Waals surface area contributed by atoms with Gasteiger partial charge in [0.1, 0.15) is 5.82 Å². The summed E-state index contributed by atoms with van der Waals surface area (Å²) in [6.07, 6.45) is 9.89. The Morgan fingerprint density at radius 1 is 1.10 bits per heavy atom. The number of nitrogens with zero attached hydrogens (tertiary/aromatic N) is 2. The Kier molecular flexibility index (Phi) is 4.44. The number of aromatic nitrogens is 1. The molecule has 0 atom stereocenters. The predicted molar refractivity (Wildman–Crippen MR) is 90.2 cm³/mol. The lowest BCUT2D eigenvalue weighted by Crippen LogP contribution is -2.42. The van der Waals surface area contributed by atoms with Gasteiger partial charge in [0.05, 0.1) is 5.88 Å². The highest BCUT2D eigenvalue weighted by Crippen LogP contribution is 2.45. The minimum atomic E-state index is 0.566. The van der Waals surface area contributed by atoms with Gasteiger partial charge in [0.15, 0.2) is 0 Å². The molecule has 0 aromatic carbocycles. The Balaban J connectivity index is 1.77. The molecule has 21 heavy (non-hydrogen) atoms. The highest BCUT2D eigenvalue weighted by molar-refractivity contribution is 6.17. The van der Waals surface area contributed by atoms with E-state index in [-0.39, 0.29) is 0 Å². The molecule has 0 bridgehead atoms. The zero-order valence-corrected chi connectivity index (χ0v) is 14.2. The van der Waals surface area contributed by atoms with Gasteiger partial charge in [-0.3, -0.25) is 0 Å². The van der Waals surface area contributed by atoms with E-state index in [1.807, 2.05) is 0 Å². The standard InChI is InChI=1S/C18H27ClN2/c1-14-12-15(2)20-17(16(14)13-19)21-10-8-18(9-11-21)6-4-3-5-7-18/h12H,3-11,13H2,1-2H3. The van der Waals surface area contributed by atoms with Gasteiger partial charge in [0.2, 0.25) is 0 Å². The van der Waals surface area contributed by atoms with E-state index in [4.69, 9.17) is 16.6 Å². The fraction of sp³-hybridized carbons (Fsp3) is 0.722. The summed E-state index contributed by atoms with van der Waals surface area (Å²) >= 11 is 6.18.